The maximum Gasteiger partial charge on any atom is 0.312 e. The third-order valence-corrected chi connectivity index (χ3v) is 2.59. The first-order valence-electron chi connectivity index (χ1n) is 5.48. The molecule has 1 aromatic rings. The van der Waals surface area contributed by atoms with Crippen LogP contribution in [0.25, 0.3) is 0 Å². The molecule has 0 aliphatic carbocycles. The molecule has 0 aliphatic rings. The smallest absolute Gasteiger partial charge is 0.312 e. The van der Waals surface area contributed by atoms with Gasteiger partial charge in [-0.15, -0.1) is 0 Å². The summed E-state index contributed by atoms with van der Waals surface area (Å²) in [5.41, 5.74) is 3.22. The fourth-order valence-electron chi connectivity index (χ4n) is 1.73. The number of carboxylic acids is 1. The number of hydrogen-bond acceptors (Lipinski definition) is 2. The lowest BCUT2D eigenvalue weighted by Gasteiger charge is -2.16. The normalized spacial score (nSPS) is 11.9. The molecule has 0 heterocycles. The molecule has 1 rings (SSSR count). The summed E-state index contributed by atoms with van der Waals surface area (Å²) in [6.45, 7) is 5.80. The van der Waals surface area contributed by atoms with Gasteiger partial charge >= 0.3 is 5.97 Å². The molecule has 1 amide bonds. The molecular weight excluding hydrogens is 218 g/mol. The number of amides is 1. The van der Waals surface area contributed by atoms with Gasteiger partial charge in [0.05, 0.1) is 6.04 Å². The molecule has 1 unspecified atom stereocenters. The van der Waals surface area contributed by atoms with Crippen molar-refractivity contribution in [3.05, 3.63) is 34.9 Å². The van der Waals surface area contributed by atoms with Gasteiger partial charge in [0.25, 0.3) is 0 Å². The Kier molecular flexibility index (Phi) is 4.26. The van der Waals surface area contributed by atoms with Gasteiger partial charge in [0, 0.05) is 0 Å². The van der Waals surface area contributed by atoms with Gasteiger partial charge in [-0.2, -0.15) is 0 Å². The zero-order valence-corrected chi connectivity index (χ0v) is 10.3. The van der Waals surface area contributed by atoms with Gasteiger partial charge in [-0.1, -0.05) is 23.8 Å². The van der Waals surface area contributed by atoms with Crippen LogP contribution >= 0.6 is 0 Å². The van der Waals surface area contributed by atoms with Crippen LogP contribution in [0.1, 0.15) is 36.1 Å². The molecule has 0 saturated carbocycles. The Morgan fingerprint density at radius 3 is 2.59 bits per heavy atom. The molecule has 1 aromatic carbocycles. The minimum Gasteiger partial charge on any atom is -0.481 e. The van der Waals surface area contributed by atoms with E-state index in [1.165, 1.54) is 0 Å². The summed E-state index contributed by atoms with van der Waals surface area (Å²) >= 11 is 0. The van der Waals surface area contributed by atoms with Crippen molar-refractivity contribution in [1.29, 1.82) is 0 Å². The predicted molar refractivity (Wildman–Crippen MR) is 64.7 cm³/mol. The van der Waals surface area contributed by atoms with Gasteiger partial charge in [0.2, 0.25) is 5.91 Å². The van der Waals surface area contributed by atoms with Crippen molar-refractivity contribution in [1.82, 2.24) is 5.32 Å². The van der Waals surface area contributed by atoms with Gasteiger partial charge in [-0.05, 0) is 31.9 Å². The van der Waals surface area contributed by atoms with E-state index in [0.29, 0.717) is 0 Å². The van der Waals surface area contributed by atoms with Crippen LogP contribution in [-0.4, -0.2) is 17.0 Å². The van der Waals surface area contributed by atoms with Crippen molar-refractivity contribution < 1.29 is 14.7 Å². The lowest BCUT2D eigenvalue weighted by atomic mass is 10.00. The van der Waals surface area contributed by atoms with Gasteiger partial charge in [0.1, 0.15) is 6.42 Å². The summed E-state index contributed by atoms with van der Waals surface area (Å²) in [4.78, 5) is 21.7. The molecule has 17 heavy (non-hydrogen) atoms. The fourth-order valence-corrected chi connectivity index (χ4v) is 1.73. The van der Waals surface area contributed by atoms with E-state index in [1.54, 1.807) is 0 Å². The Morgan fingerprint density at radius 1 is 1.35 bits per heavy atom. The lowest BCUT2D eigenvalue weighted by Crippen LogP contribution is -2.28. The Labute approximate surface area is 101 Å². The van der Waals surface area contributed by atoms with Crippen LogP contribution in [0.2, 0.25) is 0 Å². The summed E-state index contributed by atoms with van der Waals surface area (Å²) in [5.74, 6) is -1.58. The van der Waals surface area contributed by atoms with Crippen LogP contribution in [0.3, 0.4) is 0 Å². The lowest BCUT2D eigenvalue weighted by molar-refractivity contribution is -0.140. The van der Waals surface area contributed by atoms with Gasteiger partial charge in [0.15, 0.2) is 0 Å². The van der Waals surface area contributed by atoms with E-state index in [1.807, 2.05) is 39.0 Å². The van der Waals surface area contributed by atoms with Crippen molar-refractivity contribution >= 4 is 11.9 Å². The number of rotatable bonds is 4. The number of aliphatic carboxylic acids is 1. The highest BCUT2D eigenvalue weighted by atomic mass is 16.4. The summed E-state index contributed by atoms with van der Waals surface area (Å²) in [5, 5.41) is 11.2. The van der Waals surface area contributed by atoms with Gasteiger partial charge < -0.3 is 10.4 Å². The second-order valence-electron chi connectivity index (χ2n) is 4.22. The number of carboxylic acid groups (broad SMARTS) is 1. The maximum absolute atomic E-state index is 11.3. The SMILES string of the molecule is Cc1ccc(C)c(C(C)NC(=O)CC(=O)O)c1. The molecule has 0 fully saturated rings. The number of carbonyl (C=O) groups is 2. The highest BCUT2D eigenvalue weighted by Gasteiger charge is 2.13. The van der Waals surface area contributed by atoms with Crippen LogP contribution in [-0.2, 0) is 9.59 Å². The second kappa shape index (κ2) is 5.48. The third kappa shape index (κ3) is 3.90. The highest BCUT2D eigenvalue weighted by molar-refractivity contribution is 5.93. The van der Waals surface area contributed by atoms with Crippen LogP contribution in [0, 0.1) is 13.8 Å². The minimum atomic E-state index is -1.12. The Morgan fingerprint density at radius 2 is 2.00 bits per heavy atom. The van der Waals surface area contributed by atoms with Crippen LogP contribution in [0.4, 0.5) is 0 Å². The van der Waals surface area contributed by atoms with E-state index in [2.05, 4.69) is 5.32 Å². The monoisotopic (exact) mass is 235 g/mol. The quantitative estimate of drug-likeness (QED) is 0.784. The molecule has 0 radical (unpaired) electrons. The van der Waals surface area contributed by atoms with E-state index in [9.17, 15) is 9.59 Å². The summed E-state index contributed by atoms with van der Waals surface area (Å²) in [7, 11) is 0. The summed E-state index contributed by atoms with van der Waals surface area (Å²) in [6.07, 6.45) is -0.491. The first kappa shape index (κ1) is 13.2. The first-order chi connectivity index (χ1) is 7.90. The Balaban J connectivity index is 2.75. The Bertz CT molecular complexity index is 440. The molecule has 1 atom stereocenters. The average molecular weight is 235 g/mol. The highest BCUT2D eigenvalue weighted by Crippen LogP contribution is 2.18. The maximum atomic E-state index is 11.3. The topological polar surface area (TPSA) is 66.4 Å². The molecule has 4 heteroatoms. The number of aryl methyl sites for hydroxylation is 2. The first-order valence-corrected chi connectivity index (χ1v) is 5.48. The van der Waals surface area contributed by atoms with E-state index < -0.39 is 18.3 Å². The molecule has 0 saturated heterocycles. The summed E-state index contributed by atoms with van der Waals surface area (Å²) < 4.78 is 0. The molecule has 0 aliphatic heterocycles. The third-order valence-electron chi connectivity index (χ3n) is 2.59. The van der Waals surface area contributed by atoms with E-state index in [-0.39, 0.29) is 6.04 Å². The minimum absolute atomic E-state index is 0.179. The zero-order valence-electron chi connectivity index (χ0n) is 10.3. The average Bonchev–Trinajstić information content (AvgIpc) is 2.20. The van der Waals surface area contributed by atoms with E-state index >= 15 is 0 Å². The molecule has 92 valence electrons. The van der Waals surface area contributed by atoms with Gasteiger partial charge in [-0.3, -0.25) is 9.59 Å². The van der Waals surface area contributed by atoms with Crippen LogP contribution in [0.15, 0.2) is 18.2 Å². The number of carbonyl (C=O) groups excluding carboxylic acids is 1. The standard InChI is InChI=1S/C13H17NO3/c1-8-4-5-9(2)11(6-8)10(3)14-12(15)7-13(16)17/h4-6,10H,7H2,1-3H3,(H,14,15)(H,16,17). The fraction of sp³-hybridized carbons (Fsp3) is 0.385. The predicted octanol–water partition coefficient (Wildman–Crippen LogP) is 1.96. The van der Waals surface area contributed by atoms with E-state index in [4.69, 9.17) is 5.11 Å². The van der Waals surface area contributed by atoms with Crippen molar-refractivity contribution in [2.45, 2.75) is 33.2 Å². The largest absolute Gasteiger partial charge is 0.481 e. The van der Waals surface area contributed by atoms with Crippen molar-refractivity contribution in [2.24, 2.45) is 0 Å². The van der Waals surface area contributed by atoms with Crippen molar-refractivity contribution in [2.75, 3.05) is 0 Å². The molecule has 4 nitrogen and oxygen atoms in total. The van der Waals surface area contributed by atoms with E-state index in [0.717, 1.165) is 16.7 Å². The van der Waals surface area contributed by atoms with Crippen molar-refractivity contribution in [3.8, 4) is 0 Å². The molecule has 0 spiro atoms. The molecule has 2 N–H and O–H groups in total. The Hall–Kier alpha value is -1.84. The number of hydrogen-bond donors (Lipinski definition) is 2. The number of benzene rings is 1. The van der Waals surface area contributed by atoms with Gasteiger partial charge in [-0.25, -0.2) is 0 Å². The van der Waals surface area contributed by atoms with Crippen LogP contribution < -0.4 is 5.32 Å². The zero-order chi connectivity index (χ0) is 13.0. The number of nitrogens with one attached hydrogen (secondary N) is 1. The molecular formula is C13H17NO3. The molecule has 0 bridgehead atoms. The second-order valence-corrected chi connectivity index (χ2v) is 4.22. The van der Waals surface area contributed by atoms with Crippen LogP contribution in [0.5, 0.6) is 0 Å². The van der Waals surface area contributed by atoms with Crippen molar-refractivity contribution in [3.63, 3.8) is 0 Å². The molecule has 0 aromatic heterocycles. The summed E-state index contributed by atoms with van der Waals surface area (Å²) in [6, 6.07) is 5.82.